The van der Waals surface area contributed by atoms with Crippen LogP contribution in [-0.4, -0.2) is 66.2 Å². The monoisotopic (exact) mass is 386 g/mol. The predicted molar refractivity (Wildman–Crippen MR) is 104 cm³/mol. The van der Waals surface area contributed by atoms with Crippen LogP contribution in [0.5, 0.6) is 0 Å². The molecule has 0 N–H and O–H groups in total. The van der Waals surface area contributed by atoms with Gasteiger partial charge in [0, 0.05) is 32.7 Å². The maximum absolute atomic E-state index is 12.9. The van der Waals surface area contributed by atoms with E-state index in [1.807, 2.05) is 40.1 Å². The van der Waals surface area contributed by atoms with Gasteiger partial charge in [0.2, 0.25) is 11.8 Å². The van der Waals surface area contributed by atoms with Crippen LogP contribution in [0.1, 0.15) is 38.2 Å². The molecule has 6 heteroatoms. The van der Waals surface area contributed by atoms with Crippen LogP contribution in [0.15, 0.2) is 30.3 Å². The number of morpholine rings is 1. The van der Waals surface area contributed by atoms with Gasteiger partial charge in [-0.3, -0.25) is 9.59 Å². The molecule has 0 spiro atoms. The molecule has 3 aliphatic rings. The summed E-state index contributed by atoms with van der Waals surface area (Å²) in [5.74, 6) is 0.671. The van der Waals surface area contributed by atoms with Gasteiger partial charge in [-0.25, -0.2) is 0 Å². The third-order valence-corrected chi connectivity index (χ3v) is 6.46. The summed E-state index contributed by atoms with van der Waals surface area (Å²) in [7, 11) is 0. The Morgan fingerprint density at radius 2 is 1.93 bits per heavy atom. The van der Waals surface area contributed by atoms with Crippen molar-refractivity contribution in [2.45, 2.75) is 50.8 Å². The highest BCUT2D eigenvalue weighted by Crippen LogP contribution is 2.34. The summed E-state index contributed by atoms with van der Waals surface area (Å²) in [6.45, 7) is 5.49. The van der Waals surface area contributed by atoms with Crippen molar-refractivity contribution in [2.24, 2.45) is 5.92 Å². The molecule has 0 radical (unpaired) electrons. The molecule has 3 fully saturated rings. The minimum atomic E-state index is -0.508. The molecule has 2 atom stereocenters. The molecule has 1 aromatic rings. The Morgan fingerprint density at radius 1 is 1.18 bits per heavy atom. The van der Waals surface area contributed by atoms with Crippen molar-refractivity contribution in [1.29, 1.82) is 0 Å². The lowest BCUT2D eigenvalue weighted by molar-refractivity contribution is -0.191. The van der Waals surface area contributed by atoms with Gasteiger partial charge < -0.3 is 19.3 Å². The number of carbonyl (C=O) groups excluding carboxylic acids is 2. The number of ether oxygens (including phenoxy) is 2. The first-order valence-electron chi connectivity index (χ1n) is 10.4. The van der Waals surface area contributed by atoms with Crippen molar-refractivity contribution in [2.75, 3.05) is 32.9 Å². The second-order valence-corrected chi connectivity index (χ2v) is 8.49. The van der Waals surface area contributed by atoms with E-state index in [-0.39, 0.29) is 24.5 Å². The van der Waals surface area contributed by atoms with Crippen LogP contribution in [0.3, 0.4) is 0 Å². The highest BCUT2D eigenvalue weighted by atomic mass is 16.5. The number of nitrogens with zero attached hydrogens (tertiary/aromatic N) is 2. The van der Waals surface area contributed by atoms with E-state index < -0.39 is 5.60 Å². The molecule has 0 bridgehead atoms. The Kier molecular flexibility index (Phi) is 5.69. The van der Waals surface area contributed by atoms with Crippen molar-refractivity contribution in [3.05, 3.63) is 35.9 Å². The minimum absolute atomic E-state index is 0.00101. The maximum atomic E-state index is 12.9. The molecule has 4 rings (SSSR count). The highest BCUT2D eigenvalue weighted by molar-refractivity contribution is 5.79. The molecule has 28 heavy (non-hydrogen) atoms. The van der Waals surface area contributed by atoms with Gasteiger partial charge in [0.25, 0.3) is 0 Å². The molecule has 3 aliphatic heterocycles. The van der Waals surface area contributed by atoms with Crippen LogP contribution >= 0.6 is 0 Å². The lowest BCUT2D eigenvalue weighted by atomic mass is 9.85. The van der Waals surface area contributed by atoms with Crippen molar-refractivity contribution < 1.29 is 19.1 Å². The van der Waals surface area contributed by atoms with E-state index in [9.17, 15) is 9.59 Å². The number of piperidine rings is 1. The van der Waals surface area contributed by atoms with E-state index >= 15 is 0 Å². The molecule has 3 heterocycles. The Morgan fingerprint density at radius 3 is 2.68 bits per heavy atom. The second kappa shape index (κ2) is 8.21. The Labute approximate surface area is 166 Å². The summed E-state index contributed by atoms with van der Waals surface area (Å²) < 4.78 is 11.4. The summed E-state index contributed by atoms with van der Waals surface area (Å²) in [4.78, 5) is 29.4. The summed E-state index contributed by atoms with van der Waals surface area (Å²) in [5, 5.41) is 0. The molecule has 3 saturated heterocycles. The predicted octanol–water partition coefficient (Wildman–Crippen LogP) is 2.22. The first kappa shape index (κ1) is 19.4. The van der Waals surface area contributed by atoms with Gasteiger partial charge in [0.05, 0.1) is 12.6 Å². The van der Waals surface area contributed by atoms with Crippen LogP contribution in [0, 0.1) is 5.92 Å². The Balaban J connectivity index is 1.42. The summed E-state index contributed by atoms with van der Waals surface area (Å²) in [5.41, 5.74) is 0.616. The van der Waals surface area contributed by atoms with Crippen LogP contribution in [0.2, 0.25) is 0 Å². The van der Waals surface area contributed by atoms with Gasteiger partial charge in [0.15, 0.2) is 0 Å². The van der Waals surface area contributed by atoms with Gasteiger partial charge in [-0.05, 0) is 37.7 Å². The molecule has 152 valence electrons. The van der Waals surface area contributed by atoms with Crippen LogP contribution in [-0.2, 0) is 25.6 Å². The third kappa shape index (κ3) is 4.08. The van der Waals surface area contributed by atoms with Gasteiger partial charge in [-0.2, -0.15) is 0 Å². The smallest absolute Gasteiger partial charge is 0.249 e. The third-order valence-electron chi connectivity index (χ3n) is 6.46. The first-order chi connectivity index (χ1) is 13.5. The number of amides is 2. The number of likely N-dealkylation sites (tertiary alicyclic amines) is 1. The lowest BCUT2D eigenvalue weighted by Gasteiger charge is -2.53. The number of rotatable bonds is 4. The Bertz CT molecular complexity index is 704. The van der Waals surface area contributed by atoms with Gasteiger partial charge in [0.1, 0.15) is 12.2 Å². The molecule has 0 saturated carbocycles. The molecule has 0 aromatic heterocycles. The average Bonchev–Trinajstić information content (AvgIpc) is 2.71. The fraction of sp³-hybridized carbons (Fsp3) is 0.636. The lowest BCUT2D eigenvalue weighted by Crippen LogP contribution is -2.67. The number of benzene rings is 1. The molecule has 0 unspecified atom stereocenters. The molecule has 0 aliphatic carbocycles. The van der Waals surface area contributed by atoms with Crippen LogP contribution in [0.4, 0.5) is 0 Å². The quantitative estimate of drug-likeness (QED) is 0.796. The van der Waals surface area contributed by atoms with E-state index in [1.165, 1.54) is 0 Å². The van der Waals surface area contributed by atoms with E-state index in [1.54, 1.807) is 0 Å². The maximum Gasteiger partial charge on any atom is 0.249 e. The number of fused-ring (bicyclic) bond motifs is 1. The van der Waals surface area contributed by atoms with E-state index in [2.05, 4.69) is 6.92 Å². The van der Waals surface area contributed by atoms with E-state index in [0.717, 1.165) is 38.0 Å². The minimum Gasteiger partial charge on any atom is -0.381 e. The number of hydrogen-bond donors (Lipinski definition) is 0. The fourth-order valence-electron chi connectivity index (χ4n) is 4.78. The van der Waals surface area contributed by atoms with Crippen LogP contribution < -0.4 is 0 Å². The summed E-state index contributed by atoms with van der Waals surface area (Å²) in [6, 6.07) is 10.1. The first-order valence-corrected chi connectivity index (χ1v) is 10.4. The molecular formula is C22H30N2O4. The molecule has 2 amide bonds. The van der Waals surface area contributed by atoms with Gasteiger partial charge in [-0.1, -0.05) is 30.3 Å². The van der Waals surface area contributed by atoms with Crippen molar-refractivity contribution in [1.82, 2.24) is 9.80 Å². The van der Waals surface area contributed by atoms with E-state index in [0.29, 0.717) is 32.0 Å². The average molecular weight is 386 g/mol. The SMILES string of the molecule is C[C@@]12CN(C(=O)CC3CCOCC3)CC[C@H]1N(Cc1ccccc1)C(=O)CO2. The number of carbonyl (C=O) groups is 2. The zero-order valence-corrected chi connectivity index (χ0v) is 16.6. The Hall–Kier alpha value is -1.92. The van der Waals surface area contributed by atoms with E-state index in [4.69, 9.17) is 9.47 Å². The normalized spacial score (nSPS) is 28.9. The number of hydrogen-bond acceptors (Lipinski definition) is 4. The van der Waals surface area contributed by atoms with Crippen LogP contribution in [0.25, 0.3) is 0 Å². The van der Waals surface area contributed by atoms with Crippen molar-refractivity contribution in [3.63, 3.8) is 0 Å². The largest absolute Gasteiger partial charge is 0.381 e. The fourth-order valence-corrected chi connectivity index (χ4v) is 4.78. The topological polar surface area (TPSA) is 59.1 Å². The zero-order valence-electron chi connectivity index (χ0n) is 16.6. The van der Waals surface area contributed by atoms with Gasteiger partial charge in [-0.15, -0.1) is 0 Å². The standard InChI is InChI=1S/C22H30N2O4/c1-22-16-23(20(25)13-17-8-11-27-12-9-17)10-7-19(22)24(21(26)15-28-22)14-18-5-3-2-4-6-18/h2-6,17,19H,7-16H2,1H3/t19-,22-/m1/s1. The molecule has 6 nitrogen and oxygen atoms in total. The zero-order chi connectivity index (χ0) is 19.6. The van der Waals surface area contributed by atoms with Crippen molar-refractivity contribution in [3.8, 4) is 0 Å². The summed E-state index contributed by atoms with van der Waals surface area (Å²) in [6.07, 6.45) is 3.29. The second-order valence-electron chi connectivity index (χ2n) is 8.49. The van der Waals surface area contributed by atoms with Crippen molar-refractivity contribution >= 4 is 11.8 Å². The summed E-state index contributed by atoms with van der Waals surface area (Å²) >= 11 is 0. The molecule has 1 aromatic carbocycles. The highest BCUT2D eigenvalue weighted by Gasteiger charge is 2.49. The molecular weight excluding hydrogens is 356 g/mol. The van der Waals surface area contributed by atoms with Gasteiger partial charge >= 0.3 is 0 Å².